The second-order valence-electron chi connectivity index (χ2n) is 8.55. The molecule has 0 saturated carbocycles. The van der Waals surface area contributed by atoms with Gasteiger partial charge in [0.15, 0.2) is 0 Å². The number of amides is 1. The number of hydrogen-bond donors (Lipinski definition) is 1. The molecule has 2 aromatic heterocycles. The van der Waals surface area contributed by atoms with Crippen LogP contribution in [0.4, 0.5) is 5.95 Å². The molecule has 0 bridgehead atoms. The van der Waals surface area contributed by atoms with Crippen LogP contribution in [0.2, 0.25) is 0 Å². The highest BCUT2D eigenvalue weighted by atomic mass is 16.5. The molecular formula is C24H27N5O3. The lowest BCUT2D eigenvalue weighted by Crippen LogP contribution is -2.40. The molecule has 0 radical (unpaired) electrons. The third-order valence-electron chi connectivity index (χ3n) is 6.49. The molecule has 3 aromatic rings. The Morgan fingerprint density at radius 1 is 1.16 bits per heavy atom. The largest absolute Gasteiger partial charge is 0.381 e. The molecule has 5 rings (SSSR count). The molecule has 2 saturated heterocycles. The molecule has 8 nitrogen and oxygen atoms in total. The van der Waals surface area contributed by atoms with Crippen molar-refractivity contribution in [2.45, 2.75) is 31.2 Å². The number of anilines is 1. The molecule has 32 heavy (non-hydrogen) atoms. The van der Waals surface area contributed by atoms with Crippen molar-refractivity contribution >= 4 is 22.8 Å². The maximum atomic E-state index is 12.9. The van der Waals surface area contributed by atoms with Gasteiger partial charge in [-0.25, -0.2) is 9.97 Å². The molecule has 2 fully saturated rings. The Bertz CT molecular complexity index is 1200. The van der Waals surface area contributed by atoms with Crippen LogP contribution in [0.15, 0.2) is 47.4 Å². The van der Waals surface area contributed by atoms with Gasteiger partial charge in [0.1, 0.15) is 5.56 Å². The monoisotopic (exact) mass is 433 g/mol. The molecule has 1 amide bonds. The van der Waals surface area contributed by atoms with E-state index in [2.05, 4.69) is 15.2 Å². The van der Waals surface area contributed by atoms with Crippen molar-refractivity contribution in [2.75, 3.05) is 31.2 Å². The summed E-state index contributed by atoms with van der Waals surface area (Å²) in [5, 5.41) is 3.91. The summed E-state index contributed by atoms with van der Waals surface area (Å²) in [4.78, 5) is 37.0. The van der Waals surface area contributed by atoms with Gasteiger partial charge in [-0.05, 0) is 42.8 Å². The zero-order chi connectivity index (χ0) is 22.1. The average molecular weight is 434 g/mol. The van der Waals surface area contributed by atoms with Gasteiger partial charge in [0.2, 0.25) is 5.95 Å². The molecule has 1 unspecified atom stereocenters. The number of rotatable bonds is 4. The minimum Gasteiger partial charge on any atom is -0.381 e. The molecule has 8 heteroatoms. The fourth-order valence-corrected chi connectivity index (χ4v) is 4.64. The lowest BCUT2D eigenvalue weighted by Gasteiger charge is -2.23. The predicted molar refractivity (Wildman–Crippen MR) is 122 cm³/mol. The van der Waals surface area contributed by atoms with E-state index in [9.17, 15) is 9.59 Å². The van der Waals surface area contributed by atoms with E-state index in [-0.39, 0.29) is 23.1 Å². The molecule has 2 aliphatic heterocycles. The molecular weight excluding hydrogens is 406 g/mol. The van der Waals surface area contributed by atoms with Gasteiger partial charge in [-0.1, -0.05) is 18.2 Å². The number of aryl methyl sites for hydroxylation is 1. The summed E-state index contributed by atoms with van der Waals surface area (Å²) in [5.74, 6) is 0.778. The van der Waals surface area contributed by atoms with Gasteiger partial charge in [-0.3, -0.25) is 9.59 Å². The van der Waals surface area contributed by atoms with Crippen LogP contribution in [0.5, 0.6) is 0 Å². The first-order chi connectivity index (χ1) is 15.6. The number of nitrogens with one attached hydrogen (secondary N) is 1. The Hall–Kier alpha value is -3.26. The number of pyridine rings is 1. The van der Waals surface area contributed by atoms with Crippen LogP contribution in [0.1, 0.15) is 41.2 Å². The smallest absolute Gasteiger partial charge is 0.263 e. The highest BCUT2D eigenvalue weighted by Crippen LogP contribution is 2.27. The quantitative estimate of drug-likeness (QED) is 0.679. The lowest BCUT2D eigenvalue weighted by molar-refractivity contribution is 0.0845. The van der Waals surface area contributed by atoms with Gasteiger partial charge < -0.3 is 19.5 Å². The van der Waals surface area contributed by atoms with E-state index >= 15 is 0 Å². The maximum Gasteiger partial charge on any atom is 0.263 e. The second-order valence-corrected chi connectivity index (χ2v) is 8.55. The number of ether oxygens (including phenoxy) is 1. The third kappa shape index (κ3) is 3.98. The van der Waals surface area contributed by atoms with E-state index in [0.717, 1.165) is 55.6 Å². The minimum atomic E-state index is -0.333. The normalized spacial score (nSPS) is 19.4. The highest BCUT2D eigenvalue weighted by molar-refractivity contribution is 5.97. The van der Waals surface area contributed by atoms with E-state index < -0.39 is 0 Å². The highest BCUT2D eigenvalue weighted by Gasteiger charge is 2.28. The molecule has 4 heterocycles. The van der Waals surface area contributed by atoms with E-state index in [1.165, 1.54) is 4.57 Å². The molecule has 0 aliphatic carbocycles. The second kappa shape index (κ2) is 8.70. The van der Waals surface area contributed by atoms with Crippen molar-refractivity contribution in [2.24, 2.45) is 7.05 Å². The van der Waals surface area contributed by atoms with E-state index in [1.54, 1.807) is 13.1 Å². The number of aromatic nitrogens is 3. The van der Waals surface area contributed by atoms with Gasteiger partial charge in [0, 0.05) is 57.2 Å². The number of hydrogen-bond acceptors (Lipinski definition) is 6. The summed E-state index contributed by atoms with van der Waals surface area (Å²) < 4.78 is 6.99. The summed E-state index contributed by atoms with van der Waals surface area (Å²) >= 11 is 0. The van der Waals surface area contributed by atoms with Crippen LogP contribution in [0.25, 0.3) is 10.9 Å². The topological polar surface area (TPSA) is 89.4 Å². The first-order valence-electron chi connectivity index (χ1n) is 11.2. The Kier molecular flexibility index (Phi) is 5.61. The number of carbonyl (C=O) groups excluding carboxylic acids is 1. The summed E-state index contributed by atoms with van der Waals surface area (Å²) in [6.45, 7) is 2.93. The Labute approximate surface area is 186 Å². The molecule has 166 valence electrons. The Balaban J connectivity index is 1.29. The number of fused-ring (bicyclic) bond motifs is 1. The predicted octanol–water partition coefficient (Wildman–Crippen LogP) is 2.23. The maximum absolute atomic E-state index is 12.9. The van der Waals surface area contributed by atoms with Crippen LogP contribution in [-0.4, -0.2) is 52.8 Å². The van der Waals surface area contributed by atoms with Gasteiger partial charge in [0.05, 0.1) is 5.52 Å². The lowest BCUT2D eigenvalue weighted by atomic mass is 9.96. The van der Waals surface area contributed by atoms with Crippen LogP contribution < -0.4 is 15.8 Å². The SMILES string of the molecule is Cn1c(=O)c(C(=O)NC2CCN(c3nccc(C4CCOCC4)n3)C2)cc2ccccc21. The van der Waals surface area contributed by atoms with Gasteiger partial charge in [-0.2, -0.15) is 0 Å². The van der Waals surface area contributed by atoms with Gasteiger partial charge in [-0.15, -0.1) is 0 Å². The first-order valence-corrected chi connectivity index (χ1v) is 11.2. The van der Waals surface area contributed by atoms with Crippen molar-refractivity contribution in [1.82, 2.24) is 19.9 Å². The van der Waals surface area contributed by atoms with Crippen molar-refractivity contribution in [3.8, 4) is 0 Å². The van der Waals surface area contributed by atoms with Crippen molar-refractivity contribution in [3.63, 3.8) is 0 Å². The van der Waals surface area contributed by atoms with E-state index in [1.807, 2.05) is 36.5 Å². The first kappa shape index (κ1) is 20.6. The summed E-state index contributed by atoms with van der Waals surface area (Å²) in [7, 11) is 1.70. The van der Waals surface area contributed by atoms with E-state index in [4.69, 9.17) is 9.72 Å². The fourth-order valence-electron chi connectivity index (χ4n) is 4.64. The zero-order valence-electron chi connectivity index (χ0n) is 18.2. The Morgan fingerprint density at radius 2 is 1.97 bits per heavy atom. The molecule has 2 aliphatic rings. The summed E-state index contributed by atoms with van der Waals surface area (Å²) in [5.41, 5.74) is 1.75. The Morgan fingerprint density at radius 3 is 2.81 bits per heavy atom. The number of para-hydroxylation sites is 1. The molecule has 1 N–H and O–H groups in total. The molecule has 1 atom stereocenters. The summed E-state index contributed by atoms with van der Waals surface area (Å²) in [6, 6.07) is 11.2. The standard InChI is InChI=1S/C24H27N5O3/c1-28-21-5-3-2-4-17(21)14-19(23(28)31)22(30)26-18-7-11-29(15-18)24-25-10-6-20(27-24)16-8-12-32-13-9-16/h2-6,10,14,16,18H,7-9,11-13,15H2,1H3,(H,26,30). The minimum absolute atomic E-state index is 0.0611. The third-order valence-corrected chi connectivity index (χ3v) is 6.49. The zero-order valence-corrected chi connectivity index (χ0v) is 18.2. The van der Waals surface area contributed by atoms with Crippen molar-refractivity contribution in [1.29, 1.82) is 0 Å². The van der Waals surface area contributed by atoms with Crippen molar-refractivity contribution in [3.05, 3.63) is 64.2 Å². The average Bonchev–Trinajstić information content (AvgIpc) is 3.30. The fraction of sp³-hybridized carbons (Fsp3) is 0.417. The van der Waals surface area contributed by atoms with Gasteiger partial charge >= 0.3 is 0 Å². The number of nitrogens with zero attached hydrogens (tertiary/aromatic N) is 4. The number of benzene rings is 1. The van der Waals surface area contributed by atoms with Gasteiger partial charge in [0.25, 0.3) is 11.5 Å². The van der Waals surface area contributed by atoms with Crippen LogP contribution in [0.3, 0.4) is 0 Å². The van der Waals surface area contributed by atoms with E-state index in [0.29, 0.717) is 18.4 Å². The van der Waals surface area contributed by atoms with Crippen LogP contribution in [-0.2, 0) is 11.8 Å². The molecule has 0 spiro atoms. The number of carbonyl (C=O) groups is 1. The van der Waals surface area contributed by atoms with Crippen LogP contribution in [0, 0.1) is 0 Å². The van der Waals surface area contributed by atoms with Crippen molar-refractivity contribution < 1.29 is 9.53 Å². The summed E-state index contributed by atoms with van der Waals surface area (Å²) in [6.07, 6.45) is 4.56. The van der Waals surface area contributed by atoms with Crippen LogP contribution >= 0.6 is 0 Å². The molecule has 1 aromatic carbocycles.